The first kappa shape index (κ1) is 24.9. The summed E-state index contributed by atoms with van der Waals surface area (Å²) in [5, 5.41) is 4.73. The van der Waals surface area contributed by atoms with Crippen LogP contribution in [0.2, 0.25) is 0 Å². The van der Waals surface area contributed by atoms with Gasteiger partial charge in [0.25, 0.3) is 5.56 Å². The molecule has 0 N–H and O–H groups in total. The molecule has 0 spiro atoms. The molecule has 0 saturated carbocycles. The minimum absolute atomic E-state index is 0.0438. The third-order valence-corrected chi connectivity index (χ3v) is 6.41. The summed E-state index contributed by atoms with van der Waals surface area (Å²) in [4.78, 5) is 25.5. The van der Waals surface area contributed by atoms with Crippen molar-refractivity contribution in [1.29, 1.82) is 0 Å². The fraction of sp³-hybridized carbons (Fsp3) is 0.556. The Hall–Kier alpha value is -2.76. The smallest absolute Gasteiger partial charge is 0.277 e. The number of fused-ring (bicyclic) bond motifs is 1. The Morgan fingerprint density at radius 2 is 1.70 bits per heavy atom. The first-order valence-electron chi connectivity index (χ1n) is 12.6. The Morgan fingerprint density at radius 1 is 0.970 bits per heavy atom. The van der Waals surface area contributed by atoms with Crippen LogP contribution in [0.5, 0.6) is 0 Å². The van der Waals surface area contributed by atoms with E-state index in [2.05, 4.69) is 57.7 Å². The maximum atomic E-state index is 13.3. The van der Waals surface area contributed by atoms with Crippen LogP contribution in [0.4, 0.5) is 11.4 Å². The minimum atomic E-state index is -0.0438. The van der Waals surface area contributed by atoms with Crippen molar-refractivity contribution in [2.24, 2.45) is 10.1 Å². The van der Waals surface area contributed by atoms with Crippen LogP contribution in [0, 0.1) is 13.8 Å². The predicted molar refractivity (Wildman–Crippen MR) is 140 cm³/mol. The van der Waals surface area contributed by atoms with Crippen LogP contribution < -0.4 is 10.5 Å². The van der Waals surface area contributed by atoms with E-state index in [9.17, 15) is 4.79 Å². The van der Waals surface area contributed by atoms with Crippen molar-refractivity contribution in [2.45, 2.75) is 86.5 Å². The molecule has 0 aliphatic carbocycles. The van der Waals surface area contributed by atoms with Crippen LogP contribution in [0.25, 0.3) is 0 Å². The summed E-state index contributed by atoms with van der Waals surface area (Å²) in [6.45, 7) is 14.6. The van der Waals surface area contributed by atoms with Crippen LogP contribution in [0.3, 0.4) is 0 Å². The molecular weight excluding hydrogens is 410 g/mol. The summed E-state index contributed by atoms with van der Waals surface area (Å²) in [7, 11) is 0. The molecule has 2 heterocycles. The van der Waals surface area contributed by atoms with Crippen LogP contribution in [0.1, 0.15) is 88.9 Å². The Bertz CT molecular complexity index is 1090. The topological polar surface area (TPSA) is 62.9 Å². The van der Waals surface area contributed by atoms with Gasteiger partial charge < -0.3 is 4.90 Å². The second-order valence-corrected chi connectivity index (χ2v) is 8.83. The van der Waals surface area contributed by atoms with E-state index >= 15 is 0 Å². The zero-order valence-electron chi connectivity index (χ0n) is 21.2. The highest BCUT2D eigenvalue weighted by atomic mass is 16.1. The molecule has 0 fully saturated rings. The third-order valence-electron chi connectivity index (χ3n) is 6.41. The van der Waals surface area contributed by atoms with Crippen molar-refractivity contribution >= 4 is 22.8 Å². The van der Waals surface area contributed by atoms with Crippen molar-refractivity contribution in [3.8, 4) is 0 Å². The van der Waals surface area contributed by atoms with Gasteiger partial charge in [-0.05, 0) is 77.1 Å². The normalized spacial score (nSPS) is 14.0. The van der Waals surface area contributed by atoms with E-state index in [4.69, 9.17) is 15.1 Å². The minimum Gasteiger partial charge on any atom is -0.372 e. The van der Waals surface area contributed by atoms with E-state index in [-0.39, 0.29) is 5.56 Å². The molecule has 0 radical (unpaired) electrons. The first-order valence-corrected chi connectivity index (χ1v) is 12.6. The van der Waals surface area contributed by atoms with Gasteiger partial charge in [0.2, 0.25) is 0 Å². The standard InChI is InChI=1S/C27H39N5O/c1-7-11-13-15-24-25(29-23-17-16-21(18-19(23)5)31(9-3)10-4)26-28-20(6)22(14-12-8-2)27(33)32(26)30-24/h16-18H,7-15H2,1-6H3. The number of aryl methyl sites for hydroxylation is 2. The Balaban J connectivity index is 2.07. The summed E-state index contributed by atoms with van der Waals surface area (Å²) < 4.78 is 1.50. The number of aromatic nitrogens is 2. The van der Waals surface area contributed by atoms with Crippen LogP contribution in [-0.4, -0.2) is 34.2 Å². The molecule has 178 valence electrons. The fourth-order valence-corrected chi connectivity index (χ4v) is 4.33. The molecule has 3 rings (SSSR count). The summed E-state index contributed by atoms with van der Waals surface area (Å²) in [5.74, 6) is 0.580. The van der Waals surface area contributed by atoms with Crippen LogP contribution in [0.15, 0.2) is 33.1 Å². The lowest BCUT2D eigenvalue weighted by Gasteiger charge is -2.21. The van der Waals surface area contributed by atoms with Gasteiger partial charge >= 0.3 is 0 Å². The maximum Gasteiger partial charge on any atom is 0.277 e. The van der Waals surface area contributed by atoms with Crippen molar-refractivity contribution in [3.05, 3.63) is 51.2 Å². The molecule has 1 aromatic carbocycles. The van der Waals surface area contributed by atoms with Crippen LogP contribution >= 0.6 is 0 Å². The second kappa shape index (κ2) is 11.4. The van der Waals surface area contributed by atoms with E-state index in [0.717, 1.165) is 92.0 Å². The molecule has 0 atom stereocenters. The van der Waals surface area contributed by atoms with Crippen molar-refractivity contribution in [2.75, 3.05) is 18.0 Å². The average molecular weight is 450 g/mol. The zero-order valence-corrected chi connectivity index (χ0v) is 21.2. The van der Waals surface area contributed by atoms with Gasteiger partial charge in [-0.15, -0.1) is 0 Å². The predicted octanol–water partition coefficient (Wildman–Crippen LogP) is 5.97. The Labute approximate surface area is 198 Å². The molecule has 1 aliphatic heterocycles. The number of nitrogens with zero attached hydrogens (tertiary/aromatic N) is 5. The maximum absolute atomic E-state index is 13.3. The number of hydrogen-bond donors (Lipinski definition) is 0. The SMILES string of the molecule is CCCCCC1=Nn2c(nc(C)c(CCCC)c2=O)C1=Nc1ccc(N(CC)CC)cc1C. The number of unbranched alkanes of at least 4 members (excludes halogenated alkanes) is 3. The monoisotopic (exact) mass is 449 g/mol. The molecule has 1 aliphatic rings. The van der Waals surface area contributed by atoms with E-state index in [1.807, 2.05) is 6.92 Å². The van der Waals surface area contributed by atoms with Gasteiger partial charge in [-0.1, -0.05) is 33.1 Å². The molecule has 0 unspecified atom stereocenters. The van der Waals surface area contributed by atoms with Gasteiger partial charge in [-0.3, -0.25) is 4.79 Å². The number of benzene rings is 1. The fourth-order valence-electron chi connectivity index (χ4n) is 4.33. The molecule has 6 nitrogen and oxygen atoms in total. The van der Waals surface area contributed by atoms with Gasteiger partial charge in [0, 0.05) is 30.0 Å². The van der Waals surface area contributed by atoms with Crippen LogP contribution in [-0.2, 0) is 6.42 Å². The zero-order chi connectivity index (χ0) is 24.0. The third kappa shape index (κ3) is 5.43. The largest absolute Gasteiger partial charge is 0.372 e. The molecule has 0 amide bonds. The molecule has 33 heavy (non-hydrogen) atoms. The molecule has 2 aromatic rings. The van der Waals surface area contributed by atoms with E-state index in [1.165, 1.54) is 10.4 Å². The number of rotatable bonds is 11. The summed E-state index contributed by atoms with van der Waals surface area (Å²) >= 11 is 0. The Morgan fingerprint density at radius 3 is 2.33 bits per heavy atom. The first-order chi connectivity index (χ1) is 15.9. The van der Waals surface area contributed by atoms with Crippen molar-refractivity contribution in [1.82, 2.24) is 9.66 Å². The van der Waals surface area contributed by atoms with E-state index in [1.54, 1.807) is 0 Å². The van der Waals surface area contributed by atoms with Gasteiger partial charge in [0.15, 0.2) is 5.82 Å². The highest BCUT2D eigenvalue weighted by Gasteiger charge is 2.27. The summed E-state index contributed by atoms with van der Waals surface area (Å²) in [5.41, 5.74) is 6.36. The number of hydrogen-bond acceptors (Lipinski definition) is 5. The lowest BCUT2D eigenvalue weighted by Crippen LogP contribution is -2.26. The van der Waals surface area contributed by atoms with Crippen molar-refractivity contribution in [3.63, 3.8) is 0 Å². The van der Waals surface area contributed by atoms with Crippen molar-refractivity contribution < 1.29 is 0 Å². The van der Waals surface area contributed by atoms with E-state index in [0.29, 0.717) is 5.82 Å². The highest BCUT2D eigenvalue weighted by Crippen LogP contribution is 2.27. The average Bonchev–Trinajstić information content (AvgIpc) is 3.13. The van der Waals surface area contributed by atoms with Gasteiger partial charge in [-0.2, -0.15) is 9.78 Å². The molecule has 0 saturated heterocycles. The summed E-state index contributed by atoms with van der Waals surface area (Å²) in [6.07, 6.45) is 6.85. The molecular formula is C27H39N5O. The van der Waals surface area contributed by atoms with E-state index < -0.39 is 0 Å². The molecule has 0 bridgehead atoms. The molecule has 1 aromatic heterocycles. The van der Waals surface area contributed by atoms with Gasteiger partial charge in [0.05, 0.1) is 11.4 Å². The number of aliphatic imine (C=N–C) groups is 1. The lowest BCUT2D eigenvalue weighted by molar-refractivity contribution is 0.719. The number of anilines is 1. The quantitative estimate of drug-likeness (QED) is 0.397. The summed E-state index contributed by atoms with van der Waals surface area (Å²) in [6, 6.07) is 6.39. The molecule has 6 heteroatoms. The second-order valence-electron chi connectivity index (χ2n) is 8.83. The van der Waals surface area contributed by atoms with Gasteiger partial charge in [0.1, 0.15) is 5.71 Å². The van der Waals surface area contributed by atoms with Gasteiger partial charge in [-0.25, -0.2) is 9.98 Å². The highest BCUT2D eigenvalue weighted by molar-refractivity contribution is 6.49. The Kier molecular flexibility index (Phi) is 8.59. The lowest BCUT2D eigenvalue weighted by atomic mass is 10.1.